The van der Waals surface area contributed by atoms with E-state index in [4.69, 9.17) is 0 Å². The summed E-state index contributed by atoms with van der Waals surface area (Å²) in [6.45, 7) is 2.62. The lowest BCUT2D eigenvalue weighted by atomic mass is 10.4. The van der Waals surface area contributed by atoms with Gasteiger partial charge in [-0.2, -0.15) is 13.2 Å². The summed E-state index contributed by atoms with van der Waals surface area (Å²) in [5.41, 5.74) is 0.168. The Kier molecular flexibility index (Phi) is 2.49. The highest BCUT2D eigenvalue weighted by molar-refractivity contribution is 5.55. The fraction of sp³-hybridized carbons (Fsp3) is 0.300. The van der Waals surface area contributed by atoms with E-state index in [9.17, 15) is 13.2 Å². The summed E-state index contributed by atoms with van der Waals surface area (Å²) >= 11 is 0. The van der Waals surface area contributed by atoms with Crippen molar-refractivity contribution in [2.75, 3.05) is 11.9 Å². The maximum absolute atomic E-state index is 12.4. The van der Waals surface area contributed by atoms with Crippen LogP contribution >= 0.6 is 0 Å². The minimum atomic E-state index is -4.40. The summed E-state index contributed by atoms with van der Waals surface area (Å²) in [6, 6.07) is 3.29. The van der Waals surface area contributed by atoms with E-state index in [0.29, 0.717) is 6.54 Å². The molecule has 2 rings (SSSR count). The number of pyridine rings is 1. The Labute approximate surface area is 89.9 Å². The number of aromatic nitrogens is 2. The minimum Gasteiger partial charge on any atom is -0.385 e. The summed E-state index contributed by atoms with van der Waals surface area (Å²) in [6.07, 6.45) is -1.87. The van der Waals surface area contributed by atoms with Crippen molar-refractivity contribution in [3.05, 3.63) is 30.2 Å². The number of hydrogen-bond donors (Lipinski definition) is 1. The summed E-state index contributed by atoms with van der Waals surface area (Å²) in [7, 11) is 0. The SMILES string of the molecule is CCNc1ccn2cc(C(F)(F)F)nc2c1. The molecular weight excluding hydrogens is 219 g/mol. The lowest BCUT2D eigenvalue weighted by molar-refractivity contribution is -0.140. The summed E-state index contributed by atoms with van der Waals surface area (Å²) in [4.78, 5) is 3.52. The first-order chi connectivity index (χ1) is 7.50. The van der Waals surface area contributed by atoms with Crippen LogP contribution in [-0.4, -0.2) is 15.9 Å². The van der Waals surface area contributed by atoms with Gasteiger partial charge >= 0.3 is 6.18 Å². The Morgan fingerprint density at radius 2 is 2.19 bits per heavy atom. The molecule has 0 amide bonds. The normalized spacial score (nSPS) is 12.0. The molecule has 0 fully saturated rings. The van der Waals surface area contributed by atoms with Gasteiger partial charge in [-0.25, -0.2) is 4.98 Å². The molecule has 2 aromatic rings. The number of nitrogens with zero attached hydrogens (tertiary/aromatic N) is 2. The number of halogens is 3. The van der Waals surface area contributed by atoms with E-state index in [1.807, 2.05) is 6.92 Å². The molecule has 0 atom stereocenters. The number of alkyl halides is 3. The molecule has 6 heteroatoms. The van der Waals surface area contributed by atoms with Gasteiger partial charge in [0.25, 0.3) is 0 Å². The fourth-order valence-corrected chi connectivity index (χ4v) is 1.43. The fourth-order valence-electron chi connectivity index (χ4n) is 1.43. The molecule has 3 nitrogen and oxygen atoms in total. The molecular formula is C10H10F3N3. The lowest BCUT2D eigenvalue weighted by Gasteiger charge is -2.02. The summed E-state index contributed by atoms with van der Waals surface area (Å²) in [5, 5.41) is 3.01. The number of nitrogens with one attached hydrogen (secondary N) is 1. The van der Waals surface area contributed by atoms with Crippen LogP contribution in [0.3, 0.4) is 0 Å². The molecule has 0 aliphatic heterocycles. The average Bonchev–Trinajstić information content (AvgIpc) is 2.60. The van der Waals surface area contributed by atoms with Crippen LogP contribution < -0.4 is 5.32 Å². The Bertz CT molecular complexity index is 501. The van der Waals surface area contributed by atoms with E-state index in [0.717, 1.165) is 11.9 Å². The monoisotopic (exact) mass is 229 g/mol. The maximum atomic E-state index is 12.4. The highest BCUT2D eigenvalue weighted by Gasteiger charge is 2.33. The van der Waals surface area contributed by atoms with Gasteiger partial charge in [0, 0.05) is 30.7 Å². The van der Waals surface area contributed by atoms with Crippen LogP contribution in [0, 0.1) is 0 Å². The third kappa shape index (κ3) is 1.95. The molecule has 2 heterocycles. The van der Waals surface area contributed by atoms with Crippen molar-refractivity contribution in [3.8, 4) is 0 Å². The molecule has 0 aliphatic rings. The molecule has 0 radical (unpaired) electrons. The first kappa shape index (κ1) is 10.8. The predicted molar refractivity (Wildman–Crippen MR) is 54.4 cm³/mol. The third-order valence-corrected chi connectivity index (χ3v) is 2.13. The molecule has 86 valence electrons. The van der Waals surface area contributed by atoms with Crippen molar-refractivity contribution < 1.29 is 13.2 Å². The zero-order valence-corrected chi connectivity index (χ0v) is 8.54. The lowest BCUT2D eigenvalue weighted by Crippen LogP contribution is -2.04. The standard InChI is InChI=1S/C10H10F3N3/c1-2-14-7-3-4-16-6-8(10(11,12)13)15-9(16)5-7/h3-6,14H,2H2,1H3. The molecule has 1 N–H and O–H groups in total. The molecule has 0 aliphatic carbocycles. The Balaban J connectivity index is 2.46. The van der Waals surface area contributed by atoms with Gasteiger partial charge < -0.3 is 9.72 Å². The quantitative estimate of drug-likeness (QED) is 0.857. The summed E-state index contributed by atoms with van der Waals surface area (Å²) in [5.74, 6) is 0. The highest BCUT2D eigenvalue weighted by atomic mass is 19.4. The van der Waals surface area contributed by atoms with Crippen LogP contribution in [0.1, 0.15) is 12.6 Å². The molecule has 0 saturated carbocycles. The summed E-state index contributed by atoms with van der Waals surface area (Å²) < 4.78 is 38.5. The topological polar surface area (TPSA) is 29.3 Å². The number of anilines is 1. The predicted octanol–water partition coefficient (Wildman–Crippen LogP) is 2.78. The van der Waals surface area contributed by atoms with E-state index in [1.54, 1.807) is 18.3 Å². The van der Waals surface area contributed by atoms with Crippen LogP contribution in [0.2, 0.25) is 0 Å². The Hall–Kier alpha value is -1.72. The van der Waals surface area contributed by atoms with Crippen LogP contribution in [0.25, 0.3) is 5.65 Å². The van der Waals surface area contributed by atoms with Crippen molar-refractivity contribution >= 4 is 11.3 Å². The van der Waals surface area contributed by atoms with Gasteiger partial charge in [-0.3, -0.25) is 0 Å². The van der Waals surface area contributed by atoms with Crippen LogP contribution in [0.15, 0.2) is 24.5 Å². The smallest absolute Gasteiger partial charge is 0.385 e. The van der Waals surface area contributed by atoms with E-state index in [-0.39, 0.29) is 5.65 Å². The molecule has 0 aromatic carbocycles. The van der Waals surface area contributed by atoms with Crippen molar-refractivity contribution in [1.29, 1.82) is 0 Å². The first-order valence-corrected chi connectivity index (χ1v) is 4.80. The number of imidazole rings is 1. The van der Waals surface area contributed by atoms with Gasteiger partial charge in [-0.05, 0) is 13.0 Å². The van der Waals surface area contributed by atoms with Gasteiger partial charge in [0.2, 0.25) is 0 Å². The second-order valence-corrected chi connectivity index (χ2v) is 3.34. The zero-order valence-electron chi connectivity index (χ0n) is 8.54. The van der Waals surface area contributed by atoms with Gasteiger partial charge in [-0.1, -0.05) is 0 Å². The molecule has 0 unspecified atom stereocenters. The molecule has 2 aromatic heterocycles. The largest absolute Gasteiger partial charge is 0.434 e. The molecule has 16 heavy (non-hydrogen) atoms. The van der Waals surface area contributed by atoms with Crippen LogP contribution in [0.4, 0.5) is 18.9 Å². The van der Waals surface area contributed by atoms with Gasteiger partial charge in [0.05, 0.1) is 0 Å². The second kappa shape index (κ2) is 3.70. The number of rotatable bonds is 2. The minimum absolute atomic E-state index is 0.283. The van der Waals surface area contributed by atoms with Crippen molar-refractivity contribution in [3.63, 3.8) is 0 Å². The average molecular weight is 229 g/mol. The van der Waals surface area contributed by atoms with E-state index < -0.39 is 11.9 Å². The Morgan fingerprint density at radius 1 is 1.44 bits per heavy atom. The number of hydrogen-bond acceptors (Lipinski definition) is 2. The molecule has 0 bridgehead atoms. The molecule has 0 spiro atoms. The van der Waals surface area contributed by atoms with Gasteiger partial charge in [0.15, 0.2) is 5.69 Å². The Morgan fingerprint density at radius 3 is 2.81 bits per heavy atom. The third-order valence-electron chi connectivity index (χ3n) is 2.13. The first-order valence-electron chi connectivity index (χ1n) is 4.80. The van der Waals surface area contributed by atoms with Crippen molar-refractivity contribution in [2.24, 2.45) is 0 Å². The second-order valence-electron chi connectivity index (χ2n) is 3.34. The zero-order chi connectivity index (χ0) is 11.8. The van der Waals surface area contributed by atoms with Crippen LogP contribution in [-0.2, 0) is 6.18 Å². The van der Waals surface area contributed by atoms with Crippen molar-refractivity contribution in [2.45, 2.75) is 13.1 Å². The van der Waals surface area contributed by atoms with Crippen LogP contribution in [0.5, 0.6) is 0 Å². The van der Waals surface area contributed by atoms with Gasteiger partial charge in [-0.15, -0.1) is 0 Å². The van der Waals surface area contributed by atoms with E-state index in [2.05, 4.69) is 10.3 Å². The van der Waals surface area contributed by atoms with E-state index in [1.165, 1.54) is 4.40 Å². The maximum Gasteiger partial charge on any atom is 0.434 e. The highest BCUT2D eigenvalue weighted by Crippen LogP contribution is 2.28. The number of fused-ring (bicyclic) bond motifs is 1. The van der Waals surface area contributed by atoms with Gasteiger partial charge in [0.1, 0.15) is 5.65 Å². The van der Waals surface area contributed by atoms with E-state index >= 15 is 0 Å². The molecule has 0 saturated heterocycles. The van der Waals surface area contributed by atoms with Crippen molar-refractivity contribution in [1.82, 2.24) is 9.38 Å².